The molecule has 7 heteroatoms. The molecule has 1 aliphatic rings. The number of nitrogens with one attached hydrogen (secondary N) is 1. The topological polar surface area (TPSA) is 81.9 Å². The fourth-order valence-electron chi connectivity index (χ4n) is 2.56. The van der Waals surface area contributed by atoms with Gasteiger partial charge in [-0.05, 0) is 43.0 Å². The van der Waals surface area contributed by atoms with Crippen molar-refractivity contribution >= 4 is 28.8 Å². The van der Waals surface area contributed by atoms with E-state index in [-0.39, 0.29) is 0 Å². The summed E-state index contributed by atoms with van der Waals surface area (Å²) in [7, 11) is 1.35. The lowest BCUT2D eigenvalue weighted by atomic mass is 10.3. The second kappa shape index (κ2) is 5.92. The Morgan fingerprint density at radius 3 is 2.79 bits per heavy atom. The summed E-state index contributed by atoms with van der Waals surface area (Å²) in [5, 5.41) is 3.15. The van der Waals surface area contributed by atoms with Crippen LogP contribution >= 0.6 is 0 Å². The van der Waals surface area contributed by atoms with Crippen molar-refractivity contribution in [2.24, 2.45) is 5.92 Å². The van der Waals surface area contributed by atoms with Gasteiger partial charge in [-0.1, -0.05) is 0 Å². The molecule has 0 spiro atoms. The maximum Gasteiger partial charge on any atom is 0.339 e. The number of anilines is 2. The molecule has 7 nitrogen and oxygen atoms in total. The Bertz CT molecular complexity index is 884. The Morgan fingerprint density at radius 2 is 2.08 bits per heavy atom. The Labute approximate surface area is 138 Å². The van der Waals surface area contributed by atoms with Gasteiger partial charge < -0.3 is 14.6 Å². The van der Waals surface area contributed by atoms with Crippen molar-refractivity contribution in [1.29, 1.82) is 0 Å². The quantitative estimate of drug-likeness (QED) is 0.727. The molecule has 3 aromatic heterocycles. The van der Waals surface area contributed by atoms with Crippen molar-refractivity contribution in [1.82, 2.24) is 19.5 Å². The first kappa shape index (κ1) is 14.6. The molecule has 0 amide bonds. The van der Waals surface area contributed by atoms with E-state index in [0.717, 1.165) is 23.6 Å². The Hall–Kier alpha value is -2.96. The number of carbonyl (C=O) groups excluding carboxylic acids is 1. The molecule has 0 radical (unpaired) electrons. The summed E-state index contributed by atoms with van der Waals surface area (Å²) < 4.78 is 6.77. The number of ether oxygens (including phenoxy) is 1. The zero-order valence-corrected chi connectivity index (χ0v) is 13.3. The van der Waals surface area contributed by atoms with Crippen molar-refractivity contribution in [2.45, 2.75) is 19.4 Å². The number of imidazole rings is 1. The zero-order valence-electron chi connectivity index (χ0n) is 13.3. The fourth-order valence-corrected chi connectivity index (χ4v) is 2.56. The molecule has 0 saturated heterocycles. The minimum Gasteiger partial charge on any atom is -0.465 e. The number of esters is 1. The summed E-state index contributed by atoms with van der Waals surface area (Å²) in [6.07, 6.45) is 5.90. The van der Waals surface area contributed by atoms with E-state index in [0.29, 0.717) is 17.2 Å². The van der Waals surface area contributed by atoms with Crippen LogP contribution in [0.15, 0.2) is 36.8 Å². The highest BCUT2D eigenvalue weighted by Crippen LogP contribution is 2.31. The molecular weight excluding hydrogens is 306 g/mol. The lowest BCUT2D eigenvalue weighted by Gasteiger charge is -2.07. The van der Waals surface area contributed by atoms with Crippen molar-refractivity contribution in [3.8, 4) is 0 Å². The van der Waals surface area contributed by atoms with E-state index < -0.39 is 5.97 Å². The molecule has 4 rings (SSSR count). The first-order valence-electron chi connectivity index (χ1n) is 7.86. The van der Waals surface area contributed by atoms with Gasteiger partial charge in [0.1, 0.15) is 17.2 Å². The van der Waals surface area contributed by atoms with Gasteiger partial charge in [0.15, 0.2) is 5.65 Å². The highest BCUT2D eigenvalue weighted by Gasteiger charge is 2.22. The molecule has 1 saturated carbocycles. The summed E-state index contributed by atoms with van der Waals surface area (Å²) in [4.78, 5) is 24.7. The van der Waals surface area contributed by atoms with Crippen LogP contribution in [0.4, 0.5) is 11.6 Å². The van der Waals surface area contributed by atoms with E-state index >= 15 is 0 Å². The van der Waals surface area contributed by atoms with Crippen LogP contribution < -0.4 is 5.32 Å². The number of nitrogens with zero attached hydrogens (tertiary/aromatic N) is 4. The van der Waals surface area contributed by atoms with E-state index in [1.54, 1.807) is 12.1 Å². The number of carbonyl (C=O) groups is 1. The average molecular weight is 323 g/mol. The van der Waals surface area contributed by atoms with Gasteiger partial charge in [0.25, 0.3) is 0 Å². The van der Waals surface area contributed by atoms with Crippen molar-refractivity contribution in [2.75, 3.05) is 12.4 Å². The number of hydrogen-bond acceptors (Lipinski definition) is 6. The van der Waals surface area contributed by atoms with Gasteiger partial charge in [-0.15, -0.1) is 0 Å². The van der Waals surface area contributed by atoms with Gasteiger partial charge in [0, 0.05) is 12.7 Å². The maximum atomic E-state index is 11.4. The first-order valence-corrected chi connectivity index (χ1v) is 7.86. The Kier molecular flexibility index (Phi) is 3.60. The summed E-state index contributed by atoms with van der Waals surface area (Å²) in [6.45, 7) is 0.971. The number of aromatic nitrogens is 4. The number of fused-ring (bicyclic) bond motifs is 1. The van der Waals surface area contributed by atoms with Crippen LogP contribution in [0.5, 0.6) is 0 Å². The predicted octanol–water partition coefficient (Wildman–Crippen LogP) is 2.77. The molecule has 122 valence electrons. The molecule has 1 aliphatic carbocycles. The van der Waals surface area contributed by atoms with Gasteiger partial charge in [-0.3, -0.25) is 0 Å². The zero-order chi connectivity index (χ0) is 16.5. The standard InChI is InChI=1S/C17H17N5O2/c1-24-17(23)12-4-6-14(18-8-12)20-15-7-5-13-16(21-15)22(10-19-13)9-11-2-3-11/h4-8,10-11H,2-3,9H2,1H3,(H,18,20,21). The van der Waals surface area contributed by atoms with Crippen LogP contribution in [0.2, 0.25) is 0 Å². The molecule has 1 N–H and O–H groups in total. The Balaban J connectivity index is 1.56. The van der Waals surface area contributed by atoms with Crippen LogP contribution in [0, 0.1) is 5.92 Å². The molecule has 1 fully saturated rings. The van der Waals surface area contributed by atoms with Crippen molar-refractivity contribution in [3.05, 3.63) is 42.4 Å². The summed E-state index contributed by atoms with van der Waals surface area (Å²) in [6, 6.07) is 7.19. The molecule has 3 heterocycles. The van der Waals surface area contributed by atoms with Crippen LogP contribution in [0.1, 0.15) is 23.2 Å². The minimum atomic E-state index is -0.405. The van der Waals surface area contributed by atoms with Gasteiger partial charge in [0.05, 0.1) is 19.0 Å². The van der Waals surface area contributed by atoms with Gasteiger partial charge in [-0.25, -0.2) is 19.7 Å². The molecule has 0 bridgehead atoms. The third-order valence-corrected chi connectivity index (χ3v) is 4.06. The van der Waals surface area contributed by atoms with Crippen LogP contribution in [-0.4, -0.2) is 32.6 Å². The van der Waals surface area contributed by atoms with Crippen LogP contribution in [-0.2, 0) is 11.3 Å². The number of pyridine rings is 2. The Morgan fingerprint density at radius 1 is 1.25 bits per heavy atom. The van der Waals surface area contributed by atoms with E-state index in [4.69, 9.17) is 0 Å². The number of methoxy groups -OCH3 is 1. The fraction of sp³-hybridized carbons (Fsp3) is 0.294. The van der Waals surface area contributed by atoms with Gasteiger partial charge >= 0.3 is 5.97 Å². The molecule has 0 aromatic carbocycles. The van der Waals surface area contributed by atoms with Gasteiger partial charge in [0.2, 0.25) is 0 Å². The second-order valence-corrected chi connectivity index (χ2v) is 5.93. The maximum absolute atomic E-state index is 11.4. The molecule has 3 aromatic rings. The minimum absolute atomic E-state index is 0.405. The first-order chi connectivity index (χ1) is 11.7. The smallest absolute Gasteiger partial charge is 0.339 e. The lowest BCUT2D eigenvalue weighted by molar-refractivity contribution is 0.0600. The molecule has 0 unspecified atom stereocenters. The van der Waals surface area contributed by atoms with E-state index in [1.807, 2.05) is 18.5 Å². The largest absolute Gasteiger partial charge is 0.465 e. The van der Waals surface area contributed by atoms with Crippen molar-refractivity contribution < 1.29 is 9.53 Å². The van der Waals surface area contributed by atoms with E-state index in [1.165, 1.54) is 26.1 Å². The van der Waals surface area contributed by atoms with Crippen molar-refractivity contribution in [3.63, 3.8) is 0 Å². The highest BCUT2D eigenvalue weighted by molar-refractivity contribution is 5.89. The van der Waals surface area contributed by atoms with E-state index in [9.17, 15) is 4.79 Å². The van der Waals surface area contributed by atoms with E-state index in [2.05, 4.69) is 29.6 Å². The van der Waals surface area contributed by atoms with Gasteiger partial charge in [-0.2, -0.15) is 0 Å². The second-order valence-electron chi connectivity index (χ2n) is 5.93. The van der Waals surface area contributed by atoms with Crippen LogP contribution in [0.25, 0.3) is 11.2 Å². The molecule has 0 atom stereocenters. The van der Waals surface area contributed by atoms with Crippen LogP contribution in [0.3, 0.4) is 0 Å². The SMILES string of the molecule is COC(=O)c1ccc(Nc2ccc3ncn(CC4CC4)c3n2)nc1. The average Bonchev–Trinajstić information content (AvgIpc) is 3.35. The third kappa shape index (κ3) is 2.92. The monoisotopic (exact) mass is 323 g/mol. The normalized spacial score (nSPS) is 13.9. The third-order valence-electron chi connectivity index (χ3n) is 4.06. The number of rotatable bonds is 5. The molecular formula is C17H17N5O2. The summed E-state index contributed by atoms with van der Waals surface area (Å²) in [5.41, 5.74) is 2.17. The highest BCUT2D eigenvalue weighted by atomic mass is 16.5. The molecule has 24 heavy (non-hydrogen) atoms. The summed E-state index contributed by atoms with van der Waals surface area (Å²) >= 11 is 0. The molecule has 0 aliphatic heterocycles. The lowest BCUT2D eigenvalue weighted by Crippen LogP contribution is -2.03. The predicted molar refractivity (Wildman–Crippen MR) is 89.1 cm³/mol. The number of hydrogen-bond donors (Lipinski definition) is 1. The summed E-state index contributed by atoms with van der Waals surface area (Å²) in [5.74, 6) is 1.66.